The van der Waals surface area contributed by atoms with Gasteiger partial charge in [0.05, 0.1) is 6.04 Å². The zero-order valence-electron chi connectivity index (χ0n) is 14.6. The average molecular weight is 341 g/mol. The van der Waals surface area contributed by atoms with Gasteiger partial charge in [-0.25, -0.2) is 4.79 Å². The first kappa shape index (κ1) is 16.1. The second kappa shape index (κ2) is 6.48. The summed E-state index contributed by atoms with van der Waals surface area (Å²) in [5, 5.41) is 11.3. The van der Waals surface area contributed by atoms with E-state index in [-0.39, 0.29) is 18.2 Å². The highest BCUT2D eigenvalue weighted by atomic mass is 16.5. The van der Waals surface area contributed by atoms with Gasteiger partial charge >= 0.3 is 6.03 Å². The first-order valence-corrected chi connectivity index (χ1v) is 8.75. The molecule has 2 fully saturated rings. The number of urea groups is 1. The molecule has 0 bridgehead atoms. The summed E-state index contributed by atoms with van der Waals surface area (Å²) < 4.78 is 7.78. The minimum atomic E-state index is -0.0620. The Morgan fingerprint density at radius 1 is 1.24 bits per heavy atom. The Balaban J connectivity index is 1.37. The Bertz CT molecular complexity index is 755. The van der Waals surface area contributed by atoms with E-state index in [1.54, 1.807) is 6.33 Å². The SMILES string of the molecule is Cc1cc(C)cc(NC(=O)N2CC(n3cnnc3C3CCCO3)C2)c1. The van der Waals surface area contributed by atoms with E-state index in [1.807, 2.05) is 30.9 Å². The smallest absolute Gasteiger partial charge is 0.321 e. The molecule has 0 radical (unpaired) electrons. The maximum Gasteiger partial charge on any atom is 0.321 e. The lowest BCUT2D eigenvalue weighted by atomic mass is 10.1. The molecule has 25 heavy (non-hydrogen) atoms. The van der Waals surface area contributed by atoms with Crippen LogP contribution in [-0.2, 0) is 4.74 Å². The highest BCUT2D eigenvalue weighted by molar-refractivity contribution is 5.90. The molecule has 2 aliphatic heterocycles. The zero-order valence-corrected chi connectivity index (χ0v) is 14.6. The maximum atomic E-state index is 12.4. The Labute approximate surface area is 147 Å². The number of benzene rings is 1. The molecule has 3 heterocycles. The number of likely N-dealkylation sites (tertiary alicyclic amines) is 1. The summed E-state index contributed by atoms with van der Waals surface area (Å²) in [5.41, 5.74) is 3.13. The maximum absolute atomic E-state index is 12.4. The van der Waals surface area contributed by atoms with Gasteiger partial charge in [0.1, 0.15) is 12.4 Å². The molecule has 2 amide bonds. The number of hydrogen-bond donors (Lipinski definition) is 1. The third-order valence-electron chi connectivity index (χ3n) is 4.83. The van der Waals surface area contributed by atoms with Gasteiger partial charge in [-0.15, -0.1) is 10.2 Å². The third-order valence-corrected chi connectivity index (χ3v) is 4.83. The van der Waals surface area contributed by atoms with Crippen molar-refractivity contribution in [2.24, 2.45) is 0 Å². The van der Waals surface area contributed by atoms with Crippen molar-refractivity contribution in [1.29, 1.82) is 0 Å². The number of ether oxygens (including phenoxy) is 1. The average Bonchev–Trinajstić information content (AvgIpc) is 3.14. The Morgan fingerprint density at radius 3 is 2.68 bits per heavy atom. The second-order valence-corrected chi connectivity index (χ2v) is 6.96. The molecule has 1 N–H and O–H groups in total. The minimum Gasteiger partial charge on any atom is -0.370 e. The molecule has 1 atom stereocenters. The van der Waals surface area contributed by atoms with Gasteiger partial charge in [0, 0.05) is 25.4 Å². The largest absolute Gasteiger partial charge is 0.370 e. The van der Waals surface area contributed by atoms with Crippen LogP contribution in [0.25, 0.3) is 0 Å². The summed E-state index contributed by atoms with van der Waals surface area (Å²) >= 11 is 0. The Kier molecular flexibility index (Phi) is 4.17. The molecule has 0 saturated carbocycles. The monoisotopic (exact) mass is 341 g/mol. The van der Waals surface area contributed by atoms with E-state index in [4.69, 9.17) is 4.74 Å². The van der Waals surface area contributed by atoms with Crippen LogP contribution in [0, 0.1) is 13.8 Å². The van der Waals surface area contributed by atoms with E-state index in [0.29, 0.717) is 13.1 Å². The van der Waals surface area contributed by atoms with Crippen molar-refractivity contribution in [2.75, 3.05) is 25.0 Å². The number of nitrogens with zero attached hydrogens (tertiary/aromatic N) is 4. The van der Waals surface area contributed by atoms with E-state index in [0.717, 1.165) is 42.1 Å². The van der Waals surface area contributed by atoms with Crippen molar-refractivity contribution in [3.63, 3.8) is 0 Å². The van der Waals surface area contributed by atoms with Crippen LogP contribution in [0.2, 0.25) is 0 Å². The van der Waals surface area contributed by atoms with Crippen molar-refractivity contribution < 1.29 is 9.53 Å². The summed E-state index contributed by atoms with van der Waals surface area (Å²) in [4.78, 5) is 14.2. The predicted octanol–water partition coefficient (Wildman–Crippen LogP) is 2.84. The van der Waals surface area contributed by atoms with Crippen LogP contribution in [0.5, 0.6) is 0 Å². The van der Waals surface area contributed by atoms with Gasteiger partial charge in [0.2, 0.25) is 0 Å². The van der Waals surface area contributed by atoms with Crippen molar-refractivity contribution in [3.8, 4) is 0 Å². The molecule has 1 aromatic carbocycles. The molecule has 1 aromatic heterocycles. The van der Waals surface area contributed by atoms with Crippen molar-refractivity contribution in [2.45, 2.75) is 38.8 Å². The summed E-state index contributed by atoms with van der Waals surface area (Å²) in [6.45, 7) is 6.16. The van der Waals surface area contributed by atoms with E-state index in [1.165, 1.54) is 0 Å². The third kappa shape index (κ3) is 3.24. The quantitative estimate of drug-likeness (QED) is 0.932. The number of carbonyl (C=O) groups excluding carboxylic acids is 1. The molecule has 0 spiro atoms. The van der Waals surface area contributed by atoms with Crippen molar-refractivity contribution >= 4 is 11.7 Å². The van der Waals surface area contributed by atoms with Crippen LogP contribution in [-0.4, -0.2) is 45.4 Å². The molecule has 1 unspecified atom stereocenters. The number of rotatable bonds is 3. The molecule has 0 aliphatic carbocycles. The van der Waals surface area contributed by atoms with Crippen LogP contribution >= 0.6 is 0 Å². The second-order valence-electron chi connectivity index (χ2n) is 6.96. The first-order chi connectivity index (χ1) is 12.1. The molecule has 7 nitrogen and oxygen atoms in total. The van der Waals surface area contributed by atoms with Gasteiger partial charge in [0.25, 0.3) is 0 Å². The number of aromatic nitrogens is 3. The zero-order chi connectivity index (χ0) is 17.4. The summed E-state index contributed by atoms with van der Waals surface area (Å²) in [5.74, 6) is 0.886. The lowest BCUT2D eigenvalue weighted by Crippen LogP contribution is -2.52. The van der Waals surface area contributed by atoms with Crippen LogP contribution in [0.4, 0.5) is 10.5 Å². The molecule has 2 saturated heterocycles. The Hall–Kier alpha value is -2.41. The molecule has 4 rings (SSSR count). The van der Waals surface area contributed by atoms with Gasteiger partial charge in [-0.2, -0.15) is 0 Å². The topological polar surface area (TPSA) is 72.3 Å². The van der Waals surface area contributed by atoms with E-state index in [2.05, 4.69) is 26.1 Å². The molecular formula is C18H23N5O2. The van der Waals surface area contributed by atoms with E-state index >= 15 is 0 Å². The highest BCUT2D eigenvalue weighted by Gasteiger charge is 2.35. The minimum absolute atomic E-state index is 0.0423. The van der Waals surface area contributed by atoms with Crippen LogP contribution in [0.15, 0.2) is 24.5 Å². The van der Waals surface area contributed by atoms with E-state index in [9.17, 15) is 4.79 Å². The van der Waals surface area contributed by atoms with Crippen molar-refractivity contribution in [3.05, 3.63) is 41.5 Å². The van der Waals surface area contributed by atoms with Gasteiger partial charge in [-0.05, 0) is 49.9 Å². The summed E-state index contributed by atoms with van der Waals surface area (Å²) in [6.07, 6.45) is 3.84. The lowest BCUT2D eigenvalue weighted by molar-refractivity contribution is 0.0888. The standard InChI is InChI=1S/C18H23N5O2/c1-12-6-13(2)8-14(7-12)20-18(24)22-9-15(10-22)23-11-19-21-17(23)16-4-3-5-25-16/h6-8,11,15-16H,3-5,9-10H2,1-2H3,(H,20,24). The van der Waals surface area contributed by atoms with Gasteiger partial charge in [-0.1, -0.05) is 6.07 Å². The number of anilines is 1. The fourth-order valence-corrected chi connectivity index (χ4v) is 3.59. The van der Waals surface area contributed by atoms with Crippen LogP contribution < -0.4 is 5.32 Å². The van der Waals surface area contributed by atoms with Crippen LogP contribution in [0.3, 0.4) is 0 Å². The molecule has 7 heteroatoms. The summed E-state index contributed by atoms with van der Waals surface area (Å²) in [6, 6.07) is 6.22. The van der Waals surface area contributed by atoms with Crippen molar-refractivity contribution in [1.82, 2.24) is 19.7 Å². The molecule has 2 aliphatic rings. The number of hydrogen-bond acceptors (Lipinski definition) is 4. The number of amides is 2. The van der Waals surface area contributed by atoms with Gasteiger partial charge in [-0.3, -0.25) is 0 Å². The Morgan fingerprint density at radius 2 is 2.00 bits per heavy atom. The normalized spacial score (nSPS) is 20.6. The molecular weight excluding hydrogens is 318 g/mol. The fraction of sp³-hybridized carbons (Fsp3) is 0.500. The first-order valence-electron chi connectivity index (χ1n) is 8.75. The lowest BCUT2D eigenvalue weighted by Gasteiger charge is -2.40. The number of aryl methyl sites for hydroxylation is 2. The van der Waals surface area contributed by atoms with Crippen LogP contribution in [0.1, 0.15) is 41.9 Å². The molecule has 2 aromatic rings. The fourth-order valence-electron chi connectivity index (χ4n) is 3.59. The molecule has 132 valence electrons. The number of nitrogens with one attached hydrogen (secondary N) is 1. The predicted molar refractivity (Wildman–Crippen MR) is 93.5 cm³/mol. The van der Waals surface area contributed by atoms with Gasteiger partial charge < -0.3 is 19.5 Å². The van der Waals surface area contributed by atoms with Gasteiger partial charge in [0.15, 0.2) is 5.82 Å². The van der Waals surface area contributed by atoms with E-state index < -0.39 is 0 Å². The highest BCUT2D eigenvalue weighted by Crippen LogP contribution is 2.31. The summed E-state index contributed by atoms with van der Waals surface area (Å²) in [7, 11) is 0. The number of carbonyl (C=O) groups is 1.